The Kier molecular flexibility index (Phi) is 2.89. The molecule has 5 heteroatoms. The lowest BCUT2D eigenvalue weighted by Crippen LogP contribution is -1.90. The molecule has 0 bridgehead atoms. The van der Waals surface area contributed by atoms with Crippen molar-refractivity contribution in [1.82, 2.24) is 9.97 Å². The molecule has 0 saturated carbocycles. The van der Waals surface area contributed by atoms with Gasteiger partial charge in [-0.05, 0) is 24.3 Å². The van der Waals surface area contributed by atoms with Crippen LogP contribution in [0.5, 0.6) is 17.4 Å². The van der Waals surface area contributed by atoms with Crippen molar-refractivity contribution in [3.63, 3.8) is 0 Å². The summed E-state index contributed by atoms with van der Waals surface area (Å²) in [5.74, 6) is 1.72. The fourth-order valence-electron chi connectivity index (χ4n) is 2.35. The summed E-state index contributed by atoms with van der Waals surface area (Å²) in [6.45, 7) is 0. The number of ether oxygens (including phenoxy) is 2. The Hall–Kier alpha value is -3.08. The van der Waals surface area contributed by atoms with Crippen LogP contribution in [0.4, 0.5) is 0 Å². The molecule has 2 heterocycles. The molecule has 22 heavy (non-hydrogen) atoms. The molecular formula is C17H12N2O3. The van der Waals surface area contributed by atoms with Crippen LogP contribution in [0.1, 0.15) is 0 Å². The third kappa shape index (κ3) is 2.03. The fourth-order valence-corrected chi connectivity index (χ4v) is 2.35. The number of aromatic nitrogens is 2. The summed E-state index contributed by atoms with van der Waals surface area (Å²) in [5, 5.41) is 0.940. The second-order valence-corrected chi connectivity index (χ2v) is 4.74. The van der Waals surface area contributed by atoms with Crippen LogP contribution < -0.4 is 9.47 Å². The second kappa shape index (κ2) is 5.04. The van der Waals surface area contributed by atoms with E-state index in [1.165, 1.54) is 6.33 Å². The number of hydrogen-bond donors (Lipinski definition) is 0. The van der Waals surface area contributed by atoms with E-state index in [2.05, 4.69) is 9.97 Å². The molecule has 0 atom stereocenters. The quantitative estimate of drug-likeness (QED) is 0.567. The summed E-state index contributed by atoms with van der Waals surface area (Å²) in [6, 6.07) is 15.0. The van der Waals surface area contributed by atoms with Crippen LogP contribution in [0.25, 0.3) is 22.1 Å². The minimum absolute atomic E-state index is 0.384. The number of rotatable bonds is 3. The molecule has 0 amide bonds. The summed E-state index contributed by atoms with van der Waals surface area (Å²) in [6.07, 6.45) is 1.47. The lowest BCUT2D eigenvalue weighted by molar-refractivity contribution is 0.407. The molecule has 4 aromatic rings. The van der Waals surface area contributed by atoms with Crippen LogP contribution in [0.2, 0.25) is 0 Å². The molecule has 2 aromatic carbocycles. The number of para-hydroxylation sites is 1. The van der Waals surface area contributed by atoms with Gasteiger partial charge in [-0.15, -0.1) is 0 Å². The van der Waals surface area contributed by atoms with Gasteiger partial charge in [-0.25, -0.2) is 4.98 Å². The monoisotopic (exact) mass is 292 g/mol. The van der Waals surface area contributed by atoms with Crippen LogP contribution >= 0.6 is 0 Å². The first-order valence-electron chi connectivity index (χ1n) is 6.79. The van der Waals surface area contributed by atoms with E-state index in [0.717, 1.165) is 16.5 Å². The minimum atomic E-state index is 0.384. The molecule has 0 spiro atoms. The van der Waals surface area contributed by atoms with Crippen molar-refractivity contribution in [3.05, 3.63) is 54.9 Å². The van der Waals surface area contributed by atoms with Gasteiger partial charge in [0.2, 0.25) is 5.58 Å². The Morgan fingerprint density at radius 1 is 0.955 bits per heavy atom. The average molecular weight is 292 g/mol. The lowest BCUT2D eigenvalue weighted by atomic mass is 10.2. The van der Waals surface area contributed by atoms with E-state index in [9.17, 15) is 0 Å². The summed E-state index contributed by atoms with van der Waals surface area (Å²) < 4.78 is 16.9. The first-order chi connectivity index (χ1) is 10.8. The summed E-state index contributed by atoms with van der Waals surface area (Å²) in [4.78, 5) is 8.48. The van der Waals surface area contributed by atoms with Crippen molar-refractivity contribution in [2.45, 2.75) is 0 Å². The number of methoxy groups -OCH3 is 1. The maximum Gasteiger partial charge on any atom is 0.267 e. The predicted molar refractivity (Wildman–Crippen MR) is 82.4 cm³/mol. The molecule has 0 aliphatic rings. The van der Waals surface area contributed by atoms with Crippen LogP contribution in [0.3, 0.4) is 0 Å². The van der Waals surface area contributed by atoms with Gasteiger partial charge in [0.15, 0.2) is 0 Å². The van der Waals surface area contributed by atoms with Crippen LogP contribution in [0, 0.1) is 0 Å². The molecule has 0 N–H and O–H groups in total. The van der Waals surface area contributed by atoms with Gasteiger partial charge in [-0.3, -0.25) is 0 Å². The highest BCUT2D eigenvalue weighted by molar-refractivity contribution is 6.03. The number of fused-ring (bicyclic) bond motifs is 3. The third-order valence-electron chi connectivity index (χ3n) is 3.38. The molecule has 0 aliphatic carbocycles. The zero-order chi connectivity index (χ0) is 14.9. The van der Waals surface area contributed by atoms with Crippen LogP contribution in [-0.2, 0) is 0 Å². The fraction of sp³-hybridized carbons (Fsp3) is 0.0588. The van der Waals surface area contributed by atoms with Crippen LogP contribution in [0.15, 0.2) is 59.3 Å². The first-order valence-corrected chi connectivity index (χ1v) is 6.79. The number of benzene rings is 2. The standard InChI is InChI=1S/C17H12N2O3/c1-20-11-5-4-6-12(9-11)21-17-16-15(18-10-19-17)13-7-2-3-8-14(13)22-16/h2-10H,1H3. The largest absolute Gasteiger partial charge is 0.497 e. The first kappa shape index (κ1) is 12.6. The smallest absolute Gasteiger partial charge is 0.267 e. The molecule has 0 radical (unpaired) electrons. The van der Waals surface area contributed by atoms with Crippen molar-refractivity contribution < 1.29 is 13.9 Å². The van der Waals surface area contributed by atoms with Crippen molar-refractivity contribution in [1.29, 1.82) is 0 Å². The van der Waals surface area contributed by atoms with Gasteiger partial charge in [0.1, 0.15) is 28.9 Å². The highest BCUT2D eigenvalue weighted by Crippen LogP contribution is 2.34. The van der Waals surface area contributed by atoms with E-state index in [4.69, 9.17) is 13.9 Å². The topological polar surface area (TPSA) is 57.4 Å². The zero-order valence-corrected chi connectivity index (χ0v) is 11.8. The van der Waals surface area contributed by atoms with Gasteiger partial charge in [0.05, 0.1) is 7.11 Å². The van der Waals surface area contributed by atoms with E-state index in [1.54, 1.807) is 13.2 Å². The average Bonchev–Trinajstić information content (AvgIpc) is 2.95. The number of furan rings is 1. The molecule has 0 unspecified atom stereocenters. The van der Waals surface area contributed by atoms with Crippen molar-refractivity contribution in [2.75, 3.05) is 7.11 Å². The predicted octanol–water partition coefficient (Wildman–Crippen LogP) is 4.18. The zero-order valence-electron chi connectivity index (χ0n) is 11.8. The molecule has 5 nitrogen and oxygen atoms in total. The molecular weight excluding hydrogens is 280 g/mol. The SMILES string of the molecule is COc1cccc(Oc2ncnc3c2oc2ccccc23)c1. The molecule has 0 fully saturated rings. The van der Waals surface area contributed by atoms with Crippen molar-refractivity contribution >= 4 is 22.1 Å². The van der Waals surface area contributed by atoms with Crippen LogP contribution in [-0.4, -0.2) is 17.1 Å². The van der Waals surface area contributed by atoms with Crippen molar-refractivity contribution in [2.24, 2.45) is 0 Å². The normalized spacial score (nSPS) is 11.0. The Morgan fingerprint density at radius 3 is 2.73 bits per heavy atom. The number of nitrogens with zero attached hydrogens (tertiary/aromatic N) is 2. The number of hydrogen-bond acceptors (Lipinski definition) is 5. The summed E-state index contributed by atoms with van der Waals surface area (Å²) >= 11 is 0. The summed E-state index contributed by atoms with van der Waals surface area (Å²) in [5.41, 5.74) is 2.03. The van der Waals surface area contributed by atoms with Gasteiger partial charge in [0.25, 0.3) is 5.88 Å². The van der Waals surface area contributed by atoms with Gasteiger partial charge >= 0.3 is 0 Å². The van der Waals surface area contributed by atoms with Crippen molar-refractivity contribution in [3.8, 4) is 17.4 Å². The maximum atomic E-state index is 5.84. The Bertz CT molecular complexity index is 962. The Balaban J connectivity index is 1.84. The summed E-state index contributed by atoms with van der Waals surface area (Å²) in [7, 11) is 1.61. The van der Waals surface area contributed by atoms with Gasteiger partial charge in [-0.2, -0.15) is 4.98 Å². The lowest BCUT2D eigenvalue weighted by Gasteiger charge is -2.06. The third-order valence-corrected chi connectivity index (χ3v) is 3.38. The Labute approximate surface area is 126 Å². The molecule has 0 saturated heterocycles. The molecule has 4 rings (SSSR count). The van der Waals surface area contributed by atoms with E-state index in [-0.39, 0.29) is 0 Å². The molecule has 108 valence electrons. The Morgan fingerprint density at radius 2 is 1.82 bits per heavy atom. The minimum Gasteiger partial charge on any atom is -0.497 e. The highest BCUT2D eigenvalue weighted by atomic mass is 16.5. The molecule has 0 aliphatic heterocycles. The maximum absolute atomic E-state index is 5.84. The second-order valence-electron chi connectivity index (χ2n) is 4.74. The van der Waals surface area contributed by atoms with E-state index >= 15 is 0 Å². The van der Waals surface area contributed by atoms with E-state index in [0.29, 0.717) is 23.0 Å². The van der Waals surface area contributed by atoms with E-state index in [1.807, 2.05) is 42.5 Å². The van der Waals surface area contributed by atoms with E-state index < -0.39 is 0 Å². The van der Waals surface area contributed by atoms with Gasteiger partial charge < -0.3 is 13.9 Å². The van der Waals surface area contributed by atoms with Gasteiger partial charge in [0, 0.05) is 11.5 Å². The molecule has 2 aromatic heterocycles. The highest BCUT2D eigenvalue weighted by Gasteiger charge is 2.14. The van der Waals surface area contributed by atoms with Gasteiger partial charge in [-0.1, -0.05) is 18.2 Å².